The van der Waals surface area contributed by atoms with Crippen molar-refractivity contribution in [2.24, 2.45) is 34.5 Å². The Hall–Kier alpha value is 0.370. The van der Waals surface area contributed by atoms with E-state index < -0.39 is 0 Å². The second-order valence-corrected chi connectivity index (χ2v) is 13.5. The van der Waals surface area contributed by atoms with Gasteiger partial charge in [0.25, 0.3) is 0 Å². The lowest BCUT2D eigenvalue weighted by Gasteiger charge is -2.62. The van der Waals surface area contributed by atoms with Gasteiger partial charge in [0.15, 0.2) is 0 Å². The number of Topliss-reactive ketones (excluding diaryl/α,β-unsaturated/α-hetero) is 1. The van der Waals surface area contributed by atoms with E-state index in [1.807, 2.05) is 0 Å². The molecular formula is C22H34OS2. The summed E-state index contributed by atoms with van der Waals surface area (Å²) in [6.07, 6.45) is 13.3. The van der Waals surface area contributed by atoms with Crippen LogP contribution >= 0.6 is 23.5 Å². The summed E-state index contributed by atoms with van der Waals surface area (Å²) in [5, 5.41) is 0. The fourth-order valence-electron chi connectivity index (χ4n) is 7.85. The standard InChI is InChI=1S/C22H34OS2/c1-20-10-11-22(24-12-3-13-25-22)14-15(20)4-5-16-17-6-7-19(23)21(17,2)9-8-18(16)20/h15-18H,3-14H2,1-2H3/t15?,16-,17-,18-,20-,21-/m0/s1. The molecule has 5 aliphatic rings. The molecule has 0 aromatic carbocycles. The zero-order valence-corrected chi connectivity index (χ0v) is 17.7. The average molecular weight is 379 g/mol. The van der Waals surface area contributed by atoms with Crippen LogP contribution in [0.25, 0.3) is 0 Å². The van der Waals surface area contributed by atoms with Crippen molar-refractivity contribution >= 4 is 29.3 Å². The number of carbonyl (C=O) groups excluding carboxylic acids is 1. The van der Waals surface area contributed by atoms with Crippen molar-refractivity contribution in [2.45, 2.75) is 82.1 Å². The van der Waals surface area contributed by atoms with Crippen molar-refractivity contribution in [3.05, 3.63) is 0 Å². The van der Waals surface area contributed by atoms with Crippen molar-refractivity contribution in [1.29, 1.82) is 0 Å². The Morgan fingerprint density at radius 3 is 2.52 bits per heavy atom. The molecule has 0 amide bonds. The van der Waals surface area contributed by atoms with Gasteiger partial charge in [-0.05, 0) is 98.4 Å². The molecule has 25 heavy (non-hydrogen) atoms. The molecule has 1 aliphatic heterocycles. The molecule has 6 atom stereocenters. The van der Waals surface area contributed by atoms with Crippen LogP contribution in [-0.2, 0) is 4.79 Å². The topological polar surface area (TPSA) is 17.1 Å². The number of hydrogen-bond donors (Lipinski definition) is 0. The zero-order valence-electron chi connectivity index (χ0n) is 16.0. The first kappa shape index (κ1) is 17.5. The second kappa shape index (κ2) is 5.93. The summed E-state index contributed by atoms with van der Waals surface area (Å²) < 4.78 is 0.571. The Balaban J connectivity index is 1.40. The van der Waals surface area contributed by atoms with Crippen molar-refractivity contribution in [3.8, 4) is 0 Å². The lowest BCUT2D eigenvalue weighted by atomic mass is 9.45. The van der Waals surface area contributed by atoms with Crippen molar-refractivity contribution in [1.82, 2.24) is 0 Å². The lowest BCUT2D eigenvalue weighted by Crippen LogP contribution is -2.55. The van der Waals surface area contributed by atoms with E-state index in [4.69, 9.17) is 0 Å². The van der Waals surface area contributed by atoms with Crippen LogP contribution in [0, 0.1) is 34.5 Å². The van der Waals surface area contributed by atoms with Gasteiger partial charge in [-0.25, -0.2) is 0 Å². The van der Waals surface area contributed by atoms with Gasteiger partial charge in [-0.1, -0.05) is 13.8 Å². The summed E-state index contributed by atoms with van der Waals surface area (Å²) >= 11 is 4.61. The highest BCUT2D eigenvalue weighted by molar-refractivity contribution is 8.18. The molecular weight excluding hydrogens is 344 g/mol. The summed E-state index contributed by atoms with van der Waals surface area (Å²) in [6, 6.07) is 0. The van der Waals surface area contributed by atoms with Crippen molar-refractivity contribution in [2.75, 3.05) is 11.5 Å². The van der Waals surface area contributed by atoms with Crippen LogP contribution in [-0.4, -0.2) is 21.4 Å². The molecule has 1 spiro atoms. The Morgan fingerprint density at radius 2 is 1.72 bits per heavy atom. The van der Waals surface area contributed by atoms with E-state index in [2.05, 4.69) is 37.4 Å². The van der Waals surface area contributed by atoms with E-state index in [1.165, 1.54) is 69.3 Å². The predicted molar refractivity (Wildman–Crippen MR) is 109 cm³/mol. The average Bonchev–Trinajstić information content (AvgIpc) is 2.92. The molecule has 1 nitrogen and oxygen atoms in total. The van der Waals surface area contributed by atoms with Gasteiger partial charge in [0, 0.05) is 11.8 Å². The highest BCUT2D eigenvalue weighted by Gasteiger charge is 2.61. The van der Waals surface area contributed by atoms with E-state index >= 15 is 0 Å². The summed E-state index contributed by atoms with van der Waals surface area (Å²) in [5.74, 6) is 6.81. The van der Waals surface area contributed by atoms with E-state index in [0.29, 0.717) is 21.2 Å². The number of thioether (sulfide) groups is 2. The van der Waals surface area contributed by atoms with Gasteiger partial charge >= 0.3 is 0 Å². The van der Waals surface area contributed by atoms with Gasteiger partial charge in [0.2, 0.25) is 0 Å². The molecule has 140 valence electrons. The molecule has 1 saturated heterocycles. The van der Waals surface area contributed by atoms with E-state index in [1.54, 1.807) is 0 Å². The SMILES string of the molecule is C[C@]12CCC3(CC1CC[C@@H]1[C@@H]2CC[C@]2(C)C(=O)CC[C@@H]12)SCCCS3. The fraction of sp³-hybridized carbons (Fsp3) is 0.955. The third kappa shape index (κ3) is 2.46. The first-order valence-corrected chi connectivity index (χ1v) is 12.8. The molecule has 0 aromatic heterocycles. The molecule has 1 unspecified atom stereocenters. The highest BCUT2D eigenvalue weighted by Crippen LogP contribution is 2.68. The maximum atomic E-state index is 12.6. The minimum absolute atomic E-state index is 0.0509. The van der Waals surface area contributed by atoms with Crippen LogP contribution in [0.3, 0.4) is 0 Å². The minimum Gasteiger partial charge on any atom is -0.299 e. The normalized spacial score (nSPS) is 51.7. The Kier molecular flexibility index (Phi) is 4.14. The molecule has 0 bridgehead atoms. The summed E-state index contributed by atoms with van der Waals surface area (Å²) in [5.41, 5.74) is 0.620. The Bertz CT molecular complexity index is 568. The van der Waals surface area contributed by atoms with Gasteiger partial charge in [-0.15, -0.1) is 23.5 Å². The largest absolute Gasteiger partial charge is 0.299 e. The van der Waals surface area contributed by atoms with Crippen LogP contribution in [0.15, 0.2) is 0 Å². The van der Waals surface area contributed by atoms with Crippen molar-refractivity contribution < 1.29 is 4.79 Å². The first-order valence-electron chi connectivity index (χ1n) is 10.8. The van der Waals surface area contributed by atoms with Gasteiger partial charge in [0.05, 0.1) is 4.08 Å². The van der Waals surface area contributed by atoms with Crippen LogP contribution in [0.5, 0.6) is 0 Å². The first-order chi connectivity index (χ1) is 12.0. The van der Waals surface area contributed by atoms with E-state index in [-0.39, 0.29) is 5.41 Å². The molecule has 4 saturated carbocycles. The summed E-state index contributed by atoms with van der Waals surface area (Å²) in [7, 11) is 0. The number of hydrogen-bond acceptors (Lipinski definition) is 3. The van der Waals surface area contributed by atoms with Crippen molar-refractivity contribution in [3.63, 3.8) is 0 Å². The molecule has 0 radical (unpaired) electrons. The van der Waals surface area contributed by atoms with Crippen LogP contribution in [0.1, 0.15) is 78.1 Å². The van der Waals surface area contributed by atoms with Gasteiger partial charge in [0.1, 0.15) is 5.78 Å². The van der Waals surface area contributed by atoms with Crippen LogP contribution in [0.2, 0.25) is 0 Å². The van der Waals surface area contributed by atoms with E-state index in [9.17, 15) is 4.79 Å². The second-order valence-electron chi connectivity index (χ2n) is 10.2. The predicted octanol–water partition coefficient (Wildman–Crippen LogP) is 6.16. The van der Waals surface area contributed by atoms with Gasteiger partial charge in [-0.2, -0.15) is 0 Å². The molecule has 1 heterocycles. The van der Waals surface area contributed by atoms with E-state index in [0.717, 1.165) is 24.2 Å². The van der Waals surface area contributed by atoms with Crippen LogP contribution in [0.4, 0.5) is 0 Å². The Labute approximate surface area is 162 Å². The third-order valence-corrected chi connectivity index (χ3v) is 12.9. The molecule has 5 fully saturated rings. The minimum atomic E-state index is 0.0509. The monoisotopic (exact) mass is 378 g/mol. The summed E-state index contributed by atoms with van der Waals surface area (Å²) in [6.45, 7) is 4.99. The lowest BCUT2D eigenvalue weighted by molar-refractivity contribution is -0.138. The molecule has 3 heteroatoms. The molecule has 0 N–H and O–H groups in total. The number of fused-ring (bicyclic) bond motifs is 5. The quantitative estimate of drug-likeness (QED) is 0.502. The number of ketones is 1. The van der Waals surface area contributed by atoms with Gasteiger partial charge < -0.3 is 0 Å². The third-order valence-electron chi connectivity index (χ3n) is 9.40. The number of carbonyl (C=O) groups is 1. The summed E-state index contributed by atoms with van der Waals surface area (Å²) in [4.78, 5) is 12.6. The molecule has 0 aromatic rings. The Morgan fingerprint density at radius 1 is 0.920 bits per heavy atom. The molecule has 5 rings (SSSR count). The smallest absolute Gasteiger partial charge is 0.139 e. The maximum Gasteiger partial charge on any atom is 0.139 e. The maximum absolute atomic E-state index is 12.6. The molecule has 4 aliphatic carbocycles. The number of rotatable bonds is 0. The van der Waals surface area contributed by atoms with Gasteiger partial charge in [-0.3, -0.25) is 4.79 Å². The van der Waals surface area contributed by atoms with Crippen LogP contribution < -0.4 is 0 Å². The fourth-order valence-corrected chi connectivity index (χ4v) is 11.3. The zero-order chi connectivity index (χ0) is 17.3. The highest BCUT2D eigenvalue weighted by atomic mass is 32.2.